The summed E-state index contributed by atoms with van der Waals surface area (Å²) in [5.74, 6) is 1.79. The lowest BCUT2D eigenvalue weighted by atomic mass is 9.97. The first-order chi connectivity index (χ1) is 13.1. The van der Waals surface area contributed by atoms with Gasteiger partial charge in [0, 0.05) is 26.7 Å². The van der Waals surface area contributed by atoms with Crippen molar-refractivity contribution in [1.82, 2.24) is 14.7 Å². The van der Waals surface area contributed by atoms with Gasteiger partial charge in [0.15, 0.2) is 0 Å². The van der Waals surface area contributed by atoms with Crippen LogP contribution in [0.2, 0.25) is 0 Å². The summed E-state index contributed by atoms with van der Waals surface area (Å²) in [6.45, 7) is 10.8. The number of benzene rings is 1. The number of hydrogen-bond donors (Lipinski definition) is 0. The van der Waals surface area contributed by atoms with Gasteiger partial charge in [-0.1, -0.05) is 32.0 Å². The molecule has 1 atom stereocenters. The van der Waals surface area contributed by atoms with Crippen molar-refractivity contribution in [2.75, 3.05) is 60.0 Å². The number of piperidine rings is 1. The van der Waals surface area contributed by atoms with Gasteiger partial charge in [0.1, 0.15) is 5.75 Å². The second kappa shape index (κ2) is 11.3. The molecule has 1 aromatic rings. The first-order valence-corrected chi connectivity index (χ1v) is 10.4. The summed E-state index contributed by atoms with van der Waals surface area (Å²) in [5, 5.41) is 0. The van der Waals surface area contributed by atoms with Gasteiger partial charge in [-0.2, -0.15) is 0 Å². The molecule has 0 aliphatic carbocycles. The molecule has 152 valence electrons. The quantitative estimate of drug-likeness (QED) is 0.630. The van der Waals surface area contributed by atoms with Gasteiger partial charge in [0.25, 0.3) is 0 Å². The molecule has 5 heteroatoms. The minimum absolute atomic E-state index is 0.241. The number of carbonyl (C=O) groups excluding carboxylic acids is 1. The van der Waals surface area contributed by atoms with E-state index in [4.69, 9.17) is 4.74 Å². The molecule has 2 rings (SSSR count). The highest BCUT2D eigenvalue weighted by molar-refractivity contribution is 5.78. The van der Waals surface area contributed by atoms with E-state index in [0.29, 0.717) is 12.5 Å². The second-order valence-electron chi connectivity index (χ2n) is 7.61. The standard InChI is InChI=1S/C22H37N3O2/c1-5-24(6-2)18-22(26)23(3)16-19-10-9-14-25(17-19)15-13-20-11-7-8-12-21(20)27-4/h7-8,11-12,19H,5-6,9-10,13-18H2,1-4H3. The number of nitrogens with zero attached hydrogens (tertiary/aromatic N) is 3. The van der Waals surface area contributed by atoms with Crippen molar-refractivity contribution in [3.8, 4) is 5.75 Å². The summed E-state index contributed by atoms with van der Waals surface area (Å²) in [7, 11) is 3.69. The van der Waals surface area contributed by atoms with Crippen LogP contribution in [-0.4, -0.2) is 80.6 Å². The number of para-hydroxylation sites is 1. The summed E-state index contributed by atoms with van der Waals surface area (Å²) in [5.41, 5.74) is 1.27. The van der Waals surface area contributed by atoms with Crippen LogP contribution in [0.3, 0.4) is 0 Å². The van der Waals surface area contributed by atoms with Crippen LogP contribution in [-0.2, 0) is 11.2 Å². The second-order valence-corrected chi connectivity index (χ2v) is 7.61. The van der Waals surface area contributed by atoms with Crippen LogP contribution in [0.25, 0.3) is 0 Å². The number of hydrogen-bond acceptors (Lipinski definition) is 4. The molecule has 1 saturated heterocycles. The van der Waals surface area contributed by atoms with E-state index in [2.05, 4.69) is 35.8 Å². The zero-order chi connectivity index (χ0) is 19.6. The lowest BCUT2D eigenvalue weighted by molar-refractivity contribution is -0.131. The van der Waals surface area contributed by atoms with E-state index in [9.17, 15) is 4.79 Å². The molecule has 1 amide bonds. The number of carbonyl (C=O) groups is 1. The van der Waals surface area contributed by atoms with E-state index < -0.39 is 0 Å². The lowest BCUT2D eigenvalue weighted by Gasteiger charge is -2.35. The molecule has 1 fully saturated rings. The third kappa shape index (κ3) is 6.82. The maximum atomic E-state index is 12.5. The van der Waals surface area contributed by atoms with Crippen molar-refractivity contribution < 1.29 is 9.53 Å². The van der Waals surface area contributed by atoms with Crippen LogP contribution in [0.1, 0.15) is 32.3 Å². The van der Waals surface area contributed by atoms with Gasteiger partial charge in [0.2, 0.25) is 5.91 Å². The van der Waals surface area contributed by atoms with Crippen molar-refractivity contribution in [1.29, 1.82) is 0 Å². The Kier molecular flexibility index (Phi) is 9.08. The van der Waals surface area contributed by atoms with Gasteiger partial charge >= 0.3 is 0 Å². The smallest absolute Gasteiger partial charge is 0.236 e. The Balaban J connectivity index is 1.80. The minimum Gasteiger partial charge on any atom is -0.496 e. The average molecular weight is 376 g/mol. The van der Waals surface area contributed by atoms with Gasteiger partial charge in [-0.05, 0) is 56.4 Å². The molecule has 0 radical (unpaired) electrons. The van der Waals surface area contributed by atoms with Gasteiger partial charge in [0.05, 0.1) is 13.7 Å². The molecule has 1 heterocycles. The van der Waals surface area contributed by atoms with Crippen LogP contribution in [0.4, 0.5) is 0 Å². The maximum absolute atomic E-state index is 12.5. The molecule has 1 unspecified atom stereocenters. The number of amides is 1. The molecule has 0 aromatic heterocycles. The Morgan fingerprint density at radius 2 is 2.00 bits per heavy atom. The summed E-state index contributed by atoms with van der Waals surface area (Å²) in [6, 6.07) is 8.28. The number of rotatable bonds is 10. The Morgan fingerprint density at radius 3 is 2.70 bits per heavy atom. The molecule has 0 saturated carbocycles. The number of likely N-dealkylation sites (tertiary alicyclic amines) is 1. The molecule has 1 aromatic carbocycles. The zero-order valence-corrected chi connectivity index (χ0v) is 17.6. The van der Waals surface area contributed by atoms with Gasteiger partial charge < -0.3 is 14.5 Å². The topological polar surface area (TPSA) is 36.0 Å². The molecule has 27 heavy (non-hydrogen) atoms. The van der Waals surface area contributed by atoms with Gasteiger partial charge in [-0.15, -0.1) is 0 Å². The Hall–Kier alpha value is -1.59. The highest BCUT2D eigenvalue weighted by Gasteiger charge is 2.23. The number of likely N-dealkylation sites (N-methyl/N-ethyl adjacent to an activating group) is 2. The normalized spacial score (nSPS) is 17.9. The van der Waals surface area contributed by atoms with E-state index in [0.717, 1.165) is 51.4 Å². The van der Waals surface area contributed by atoms with E-state index >= 15 is 0 Å². The first-order valence-electron chi connectivity index (χ1n) is 10.4. The van der Waals surface area contributed by atoms with Crippen molar-refractivity contribution >= 4 is 5.91 Å². The number of methoxy groups -OCH3 is 1. The predicted octanol–water partition coefficient (Wildman–Crippen LogP) is 2.75. The van der Waals surface area contributed by atoms with Crippen LogP contribution in [0.15, 0.2) is 24.3 Å². The molecule has 1 aliphatic heterocycles. The molecular weight excluding hydrogens is 338 g/mol. The van der Waals surface area contributed by atoms with E-state index in [1.54, 1.807) is 7.11 Å². The molecule has 0 N–H and O–H groups in total. The summed E-state index contributed by atoms with van der Waals surface area (Å²) >= 11 is 0. The highest BCUT2D eigenvalue weighted by atomic mass is 16.5. The Bertz CT molecular complexity index is 574. The Morgan fingerprint density at radius 1 is 1.26 bits per heavy atom. The predicted molar refractivity (Wildman–Crippen MR) is 111 cm³/mol. The van der Waals surface area contributed by atoms with Crippen molar-refractivity contribution in [3.63, 3.8) is 0 Å². The fourth-order valence-corrected chi connectivity index (χ4v) is 3.94. The van der Waals surface area contributed by atoms with Crippen molar-refractivity contribution in [3.05, 3.63) is 29.8 Å². The summed E-state index contributed by atoms with van der Waals surface area (Å²) in [4.78, 5) is 19.1. The zero-order valence-electron chi connectivity index (χ0n) is 17.6. The van der Waals surface area contributed by atoms with E-state index in [-0.39, 0.29) is 5.91 Å². The summed E-state index contributed by atoms with van der Waals surface area (Å²) in [6.07, 6.45) is 3.44. The highest BCUT2D eigenvalue weighted by Crippen LogP contribution is 2.21. The fraction of sp³-hybridized carbons (Fsp3) is 0.682. The molecule has 0 bridgehead atoms. The maximum Gasteiger partial charge on any atom is 0.236 e. The Labute approximate surface area is 165 Å². The SMILES string of the molecule is CCN(CC)CC(=O)N(C)CC1CCCN(CCc2ccccc2OC)C1. The molecule has 5 nitrogen and oxygen atoms in total. The third-order valence-corrected chi connectivity index (χ3v) is 5.70. The van der Waals surface area contributed by atoms with E-state index in [1.165, 1.54) is 18.4 Å². The van der Waals surface area contributed by atoms with Crippen molar-refractivity contribution in [2.24, 2.45) is 5.92 Å². The van der Waals surface area contributed by atoms with E-state index in [1.807, 2.05) is 24.1 Å². The fourth-order valence-electron chi connectivity index (χ4n) is 3.94. The summed E-state index contributed by atoms with van der Waals surface area (Å²) < 4.78 is 5.47. The van der Waals surface area contributed by atoms with Crippen LogP contribution < -0.4 is 4.74 Å². The van der Waals surface area contributed by atoms with Crippen LogP contribution in [0, 0.1) is 5.92 Å². The van der Waals surface area contributed by atoms with Gasteiger partial charge in [-0.25, -0.2) is 0 Å². The number of ether oxygens (including phenoxy) is 1. The third-order valence-electron chi connectivity index (χ3n) is 5.70. The van der Waals surface area contributed by atoms with Gasteiger partial charge in [-0.3, -0.25) is 9.69 Å². The average Bonchev–Trinajstić information content (AvgIpc) is 2.70. The molecule has 0 spiro atoms. The van der Waals surface area contributed by atoms with Crippen LogP contribution in [0.5, 0.6) is 5.75 Å². The molecular formula is C22H37N3O2. The minimum atomic E-state index is 0.241. The monoisotopic (exact) mass is 375 g/mol. The lowest BCUT2D eigenvalue weighted by Crippen LogP contribution is -2.44. The molecule has 1 aliphatic rings. The van der Waals surface area contributed by atoms with Crippen molar-refractivity contribution in [2.45, 2.75) is 33.1 Å². The van der Waals surface area contributed by atoms with Crippen LogP contribution >= 0.6 is 0 Å². The largest absolute Gasteiger partial charge is 0.496 e. The first kappa shape index (κ1) is 21.7.